The molecule has 1 heterocycles. The molecule has 0 unspecified atom stereocenters. The van der Waals surface area contributed by atoms with Crippen LogP contribution in [0.3, 0.4) is 0 Å². The van der Waals surface area contributed by atoms with E-state index >= 15 is 0 Å². The summed E-state index contributed by atoms with van der Waals surface area (Å²) < 4.78 is 15.2. The summed E-state index contributed by atoms with van der Waals surface area (Å²) in [5.41, 5.74) is 1.99. The van der Waals surface area contributed by atoms with Gasteiger partial charge in [-0.3, -0.25) is 4.79 Å². The summed E-state index contributed by atoms with van der Waals surface area (Å²) in [6.45, 7) is 0.437. The highest BCUT2D eigenvalue weighted by Gasteiger charge is 2.12. The summed E-state index contributed by atoms with van der Waals surface area (Å²) >= 11 is 3.44. The topological polar surface area (TPSA) is 59.8 Å². The fourth-order valence-corrected chi connectivity index (χ4v) is 2.65. The summed E-state index contributed by atoms with van der Waals surface area (Å²) in [4.78, 5) is 12.1. The number of amides is 1. The summed E-state index contributed by atoms with van der Waals surface area (Å²) in [6, 6.07) is 13.7. The number of halogens is 2. The van der Waals surface area contributed by atoms with Gasteiger partial charge in [-0.25, -0.2) is 9.07 Å². The zero-order valence-corrected chi connectivity index (χ0v) is 14.2. The van der Waals surface area contributed by atoms with Crippen LogP contribution in [0.5, 0.6) is 0 Å². The quantitative estimate of drug-likeness (QED) is 0.730. The molecule has 0 saturated carbocycles. The predicted octanol–water partition coefficient (Wildman–Crippen LogP) is 3.14. The van der Waals surface area contributed by atoms with E-state index in [0.29, 0.717) is 13.0 Å². The van der Waals surface area contributed by atoms with Crippen LogP contribution in [0.25, 0.3) is 5.69 Å². The van der Waals surface area contributed by atoms with Gasteiger partial charge in [0.2, 0.25) is 0 Å². The lowest BCUT2D eigenvalue weighted by Crippen LogP contribution is -2.26. The molecule has 0 aliphatic heterocycles. The minimum Gasteiger partial charge on any atom is -0.350 e. The monoisotopic (exact) mass is 388 g/mol. The van der Waals surface area contributed by atoms with Gasteiger partial charge < -0.3 is 5.32 Å². The Kier molecular flexibility index (Phi) is 5.00. The molecule has 0 fully saturated rings. The number of carbonyl (C=O) groups excluding carboxylic acids is 1. The van der Waals surface area contributed by atoms with Crippen molar-refractivity contribution in [2.24, 2.45) is 0 Å². The molecule has 1 aromatic heterocycles. The van der Waals surface area contributed by atoms with Crippen LogP contribution in [0.4, 0.5) is 4.39 Å². The zero-order valence-electron chi connectivity index (χ0n) is 12.6. The van der Waals surface area contributed by atoms with Crippen LogP contribution in [-0.2, 0) is 6.42 Å². The summed E-state index contributed by atoms with van der Waals surface area (Å²) in [5, 5.41) is 10.7. The Morgan fingerprint density at radius 2 is 1.92 bits per heavy atom. The minimum absolute atomic E-state index is 0.241. The van der Waals surface area contributed by atoms with Crippen LogP contribution in [-0.4, -0.2) is 27.4 Å². The minimum atomic E-state index is -0.296. The number of aromatic nitrogens is 3. The zero-order chi connectivity index (χ0) is 16.9. The van der Waals surface area contributed by atoms with Crippen molar-refractivity contribution in [2.45, 2.75) is 6.42 Å². The van der Waals surface area contributed by atoms with Gasteiger partial charge in [0.25, 0.3) is 5.91 Å². The van der Waals surface area contributed by atoms with E-state index < -0.39 is 0 Å². The largest absolute Gasteiger partial charge is 0.350 e. The summed E-state index contributed by atoms with van der Waals surface area (Å²) in [6.07, 6.45) is 2.19. The lowest BCUT2D eigenvalue weighted by molar-refractivity contribution is 0.0949. The number of nitrogens with zero attached hydrogens (tertiary/aromatic N) is 3. The Labute approximate surface area is 146 Å². The molecule has 0 aliphatic carbocycles. The van der Waals surface area contributed by atoms with Gasteiger partial charge >= 0.3 is 0 Å². The fourth-order valence-electron chi connectivity index (χ4n) is 2.19. The fraction of sp³-hybridized carbons (Fsp3) is 0.118. The molecule has 5 nitrogen and oxygen atoms in total. The highest BCUT2D eigenvalue weighted by Crippen LogP contribution is 2.19. The molecule has 0 spiro atoms. The smallest absolute Gasteiger partial charge is 0.273 e. The Balaban J connectivity index is 1.60. The molecular weight excluding hydrogens is 375 g/mol. The Morgan fingerprint density at radius 3 is 2.67 bits per heavy atom. The van der Waals surface area contributed by atoms with Gasteiger partial charge in [-0.05, 0) is 52.2 Å². The molecular formula is C17H14BrFN4O. The van der Waals surface area contributed by atoms with E-state index in [-0.39, 0.29) is 17.4 Å². The Hall–Kier alpha value is -2.54. The lowest BCUT2D eigenvalue weighted by Gasteiger charge is -2.03. The molecule has 0 bridgehead atoms. The first-order valence-corrected chi connectivity index (χ1v) is 8.12. The molecule has 0 saturated heterocycles. The molecule has 2 aromatic carbocycles. The first kappa shape index (κ1) is 16.3. The molecule has 3 aromatic rings. The third-order valence-electron chi connectivity index (χ3n) is 3.44. The van der Waals surface area contributed by atoms with E-state index in [4.69, 9.17) is 0 Å². The van der Waals surface area contributed by atoms with Gasteiger partial charge in [-0.15, -0.1) is 5.10 Å². The number of hydrogen-bond donors (Lipinski definition) is 1. The van der Waals surface area contributed by atoms with Crippen molar-refractivity contribution in [3.8, 4) is 5.69 Å². The summed E-state index contributed by atoms with van der Waals surface area (Å²) in [7, 11) is 0. The van der Waals surface area contributed by atoms with Crippen molar-refractivity contribution in [3.63, 3.8) is 0 Å². The van der Waals surface area contributed by atoms with Gasteiger partial charge in [-0.2, -0.15) is 0 Å². The third kappa shape index (κ3) is 3.86. The molecule has 1 amide bonds. The summed E-state index contributed by atoms with van der Waals surface area (Å²) in [5.74, 6) is -0.568. The van der Waals surface area contributed by atoms with Gasteiger partial charge in [0.15, 0.2) is 5.69 Å². The van der Waals surface area contributed by atoms with Crippen molar-refractivity contribution in [1.29, 1.82) is 0 Å². The van der Waals surface area contributed by atoms with Crippen molar-refractivity contribution >= 4 is 21.8 Å². The molecule has 0 aliphatic rings. The van der Waals surface area contributed by atoms with Crippen LogP contribution < -0.4 is 5.32 Å². The molecule has 0 radical (unpaired) electrons. The second-order valence-electron chi connectivity index (χ2n) is 5.13. The average Bonchev–Trinajstić information content (AvgIpc) is 3.07. The van der Waals surface area contributed by atoms with E-state index in [1.165, 1.54) is 12.1 Å². The van der Waals surface area contributed by atoms with Crippen molar-refractivity contribution < 1.29 is 9.18 Å². The van der Waals surface area contributed by atoms with Crippen LogP contribution in [0.15, 0.2) is 59.2 Å². The van der Waals surface area contributed by atoms with Gasteiger partial charge in [-0.1, -0.05) is 29.5 Å². The Morgan fingerprint density at radius 1 is 1.17 bits per heavy atom. The van der Waals surface area contributed by atoms with Crippen LogP contribution in [0, 0.1) is 5.82 Å². The highest BCUT2D eigenvalue weighted by atomic mass is 79.9. The predicted molar refractivity (Wildman–Crippen MR) is 91.5 cm³/mol. The van der Waals surface area contributed by atoms with Crippen molar-refractivity contribution in [1.82, 2.24) is 20.3 Å². The average molecular weight is 389 g/mol. The molecule has 122 valence electrons. The van der Waals surface area contributed by atoms with Gasteiger partial charge in [0, 0.05) is 11.0 Å². The number of para-hydroxylation sites is 1. The molecule has 7 heteroatoms. The SMILES string of the molecule is O=C(NCCc1ccc(F)cc1)c1cn(-c2ccccc2Br)nn1. The van der Waals surface area contributed by atoms with Crippen LogP contribution >= 0.6 is 15.9 Å². The van der Waals surface area contributed by atoms with E-state index in [1.807, 2.05) is 24.3 Å². The maximum atomic E-state index is 12.8. The number of hydrogen-bond acceptors (Lipinski definition) is 3. The molecule has 0 atom stereocenters. The lowest BCUT2D eigenvalue weighted by atomic mass is 10.1. The van der Waals surface area contributed by atoms with E-state index in [9.17, 15) is 9.18 Å². The number of carbonyl (C=O) groups is 1. The second-order valence-corrected chi connectivity index (χ2v) is 5.99. The Bertz CT molecular complexity index is 848. The molecule has 3 rings (SSSR count). The number of nitrogens with one attached hydrogen (secondary N) is 1. The first-order chi connectivity index (χ1) is 11.6. The molecule has 1 N–H and O–H groups in total. The van der Waals surface area contributed by atoms with Gasteiger partial charge in [0.05, 0.1) is 11.9 Å². The standard InChI is InChI=1S/C17H14BrFN4O/c18-14-3-1-2-4-16(14)23-11-15(21-22-23)17(24)20-10-9-12-5-7-13(19)8-6-12/h1-8,11H,9-10H2,(H,20,24). The second kappa shape index (κ2) is 7.35. The van der Waals surface area contributed by atoms with E-state index in [2.05, 4.69) is 31.6 Å². The maximum Gasteiger partial charge on any atom is 0.273 e. The van der Waals surface area contributed by atoms with Crippen molar-refractivity contribution in [3.05, 3.63) is 76.3 Å². The van der Waals surface area contributed by atoms with E-state index in [0.717, 1.165) is 15.7 Å². The number of rotatable bonds is 5. The molecule has 24 heavy (non-hydrogen) atoms. The first-order valence-electron chi connectivity index (χ1n) is 7.33. The number of benzene rings is 2. The maximum absolute atomic E-state index is 12.8. The normalized spacial score (nSPS) is 10.6. The van der Waals surface area contributed by atoms with Crippen molar-refractivity contribution in [2.75, 3.05) is 6.54 Å². The third-order valence-corrected chi connectivity index (χ3v) is 4.11. The van der Waals surface area contributed by atoms with Crippen LogP contribution in [0.2, 0.25) is 0 Å². The van der Waals surface area contributed by atoms with Crippen LogP contribution in [0.1, 0.15) is 16.1 Å². The van der Waals surface area contributed by atoms with E-state index in [1.54, 1.807) is 23.0 Å². The highest BCUT2D eigenvalue weighted by molar-refractivity contribution is 9.10. The van der Waals surface area contributed by atoms with Gasteiger partial charge in [0.1, 0.15) is 5.82 Å².